The van der Waals surface area contributed by atoms with E-state index in [4.69, 9.17) is 4.74 Å². The van der Waals surface area contributed by atoms with Gasteiger partial charge in [-0.05, 0) is 32.8 Å². The van der Waals surface area contributed by atoms with Gasteiger partial charge in [-0.1, -0.05) is 0 Å². The predicted molar refractivity (Wildman–Crippen MR) is 108 cm³/mol. The highest BCUT2D eigenvalue weighted by molar-refractivity contribution is 7.72. The topological polar surface area (TPSA) is 148 Å². The summed E-state index contributed by atoms with van der Waals surface area (Å²) in [6, 6.07) is 0. The fraction of sp³-hybridized carbons (Fsp3) is 0.611. The summed E-state index contributed by atoms with van der Waals surface area (Å²) in [5, 5.41) is 20.6. The van der Waals surface area contributed by atoms with E-state index >= 15 is 0 Å². The number of nitrogens with zero attached hydrogens (tertiary/aromatic N) is 1. The number of alkyl halides is 3. The molecule has 5 atom stereocenters. The normalized spacial score (nSPS) is 24.9. The Morgan fingerprint density at radius 3 is 2.41 bits per heavy atom. The maximum atomic E-state index is 12.6. The van der Waals surface area contributed by atoms with Crippen molar-refractivity contribution in [3.8, 4) is 0 Å². The first kappa shape index (κ1) is 26.0. The molecule has 1 aromatic heterocycles. The van der Waals surface area contributed by atoms with Crippen LogP contribution in [0.1, 0.15) is 31.2 Å². The Balaban J connectivity index is 2.42. The summed E-state index contributed by atoms with van der Waals surface area (Å²) in [4.78, 5) is 49.2. The number of ketones is 1. The van der Waals surface area contributed by atoms with Crippen molar-refractivity contribution in [2.24, 2.45) is 0 Å². The molecule has 1 saturated heterocycles. The van der Waals surface area contributed by atoms with Gasteiger partial charge in [0.05, 0.1) is 11.7 Å². The molecular formula is C18H24F3N2O8P. The van der Waals surface area contributed by atoms with E-state index in [0.717, 1.165) is 6.92 Å². The first-order valence-electron chi connectivity index (χ1n) is 9.35. The molecule has 1 aliphatic heterocycles. The first-order valence-corrected chi connectivity index (χ1v) is 12.4. The van der Waals surface area contributed by atoms with E-state index in [1.807, 2.05) is 13.3 Å². The molecule has 0 aliphatic carbocycles. The summed E-state index contributed by atoms with van der Waals surface area (Å²) in [6.07, 6.45) is -7.53. The Kier molecular flexibility index (Phi) is 7.60. The average molecular weight is 484 g/mol. The summed E-state index contributed by atoms with van der Waals surface area (Å²) in [6.45, 7) is 3.19. The standard InChI is InChI=1S/C18H24F3N2O8P/c1-8(24)13(31-16(28)18(19,20)21)9-7-23(17(29)22-14(9)27)15-12(26)11(25)10(30-15)5-6-32(2,3)4/h7,10-13,15,25-26H,2,5-6H2,1,3-4H3,(H,22,27,29)/t10-,11-,12-,13?,15?/m1/s1. The van der Waals surface area contributed by atoms with Crippen molar-refractivity contribution in [3.05, 3.63) is 32.6 Å². The second kappa shape index (κ2) is 9.34. The molecule has 1 fully saturated rings. The van der Waals surface area contributed by atoms with Crippen LogP contribution >= 0.6 is 6.89 Å². The number of hydrogen-bond acceptors (Lipinski definition) is 8. The number of rotatable bonds is 7. The van der Waals surface area contributed by atoms with Crippen LogP contribution in [0.5, 0.6) is 0 Å². The number of nitrogens with one attached hydrogen (secondary N) is 1. The molecular weight excluding hydrogens is 460 g/mol. The van der Waals surface area contributed by atoms with E-state index in [9.17, 15) is 42.6 Å². The van der Waals surface area contributed by atoms with Crippen LogP contribution in [-0.2, 0) is 19.1 Å². The van der Waals surface area contributed by atoms with Crippen molar-refractivity contribution in [1.82, 2.24) is 9.55 Å². The number of esters is 1. The molecule has 1 aliphatic rings. The number of aromatic nitrogens is 2. The monoisotopic (exact) mass is 484 g/mol. The van der Waals surface area contributed by atoms with Crippen LogP contribution in [0, 0.1) is 0 Å². The van der Waals surface area contributed by atoms with Gasteiger partial charge in [-0.2, -0.15) is 13.2 Å². The third-order valence-electron chi connectivity index (χ3n) is 4.73. The zero-order valence-corrected chi connectivity index (χ0v) is 18.4. The Labute approximate surface area is 179 Å². The van der Waals surface area contributed by atoms with Gasteiger partial charge < -0.3 is 19.7 Å². The minimum Gasteiger partial charge on any atom is -0.442 e. The van der Waals surface area contributed by atoms with Gasteiger partial charge in [-0.3, -0.25) is 19.1 Å². The molecule has 14 heteroatoms. The van der Waals surface area contributed by atoms with Gasteiger partial charge >= 0.3 is 17.8 Å². The molecule has 3 N–H and O–H groups in total. The van der Waals surface area contributed by atoms with Gasteiger partial charge in [0.2, 0.25) is 0 Å². The molecule has 32 heavy (non-hydrogen) atoms. The summed E-state index contributed by atoms with van der Waals surface area (Å²) >= 11 is 0. The first-order chi connectivity index (χ1) is 14.5. The number of Topliss-reactive ketones (excluding diaryl/α,β-unsaturated/α-hetero) is 1. The van der Waals surface area contributed by atoms with Crippen LogP contribution < -0.4 is 11.2 Å². The number of aromatic amines is 1. The Bertz CT molecular complexity index is 1040. The molecule has 10 nitrogen and oxygen atoms in total. The summed E-state index contributed by atoms with van der Waals surface area (Å²) < 4.78 is 48.0. The number of halogens is 3. The smallest absolute Gasteiger partial charge is 0.442 e. The molecule has 180 valence electrons. The lowest BCUT2D eigenvalue weighted by Crippen LogP contribution is -2.40. The Hall–Kier alpha value is -2.21. The minimum atomic E-state index is -5.43. The number of hydrogen-bond donors (Lipinski definition) is 3. The van der Waals surface area contributed by atoms with Crippen molar-refractivity contribution in [3.63, 3.8) is 0 Å². The number of carbonyl (C=O) groups excluding carboxylic acids is 2. The third-order valence-corrected chi connectivity index (χ3v) is 6.20. The van der Waals surface area contributed by atoms with Gasteiger partial charge in [-0.15, -0.1) is 13.2 Å². The van der Waals surface area contributed by atoms with E-state index in [0.29, 0.717) is 23.3 Å². The molecule has 2 rings (SSSR count). The lowest BCUT2D eigenvalue weighted by molar-refractivity contribution is -0.205. The quantitative estimate of drug-likeness (QED) is 0.362. The second-order valence-corrected chi connectivity index (χ2v) is 12.5. The van der Waals surface area contributed by atoms with E-state index in [2.05, 4.69) is 11.0 Å². The summed E-state index contributed by atoms with van der Waals surface area (Å²) in [5.41, 5.74) is -3.17. The maximum Gasteiger partial charge on any atom is 0.490 e. The minimum absolute atomic E-state index is 0.309. The Morgan fingerprint density at radius 1 is 1.31 bits per heavy atom. The molecule has 0 radical (unpaired) electrons. The van der Waals surface area contributed by atoms with Crippen LogP contribution in [0.15, 0.2) is 15.8 Å². The van der Waals surface area contributed by atoms with Crippen molar-refractivity contribution in [1.29, 1.82) is 0 Å². The third kappa shape index (κ3) is 5.97. The SMILES string of the molecule is C=P(C)(C)CC[C@H]1OC(n2cc(C(OC(=O)C(F)(F)F)C(C)=O)c(=O)[nH]c2=O)[C@H](O)[C@@H]1O. The van der Waals surface area contributed by atoms with Crippen LogP contribution in [-0.4, -0.2) is 81.8 Å². The van der Waals surface area contributed by atoms with E-state index in [-0.39, 0.29) is 0 Å². The predicted octanol–water partition coefficient (Wildman–Crippen LogP) is -0.00930. The highest BCUT2D eigenvalue weighted by Gasteiger charge is 2.46. The van der Waals surface area contributed by atoms with Gasteiger partial charge in [-0.25, -0.2) is 9.59 Å². The highest BCUT2D eigenvalue weighted by atomic mass is 31.2. The molecule has 1 aromatic rings. The van der Waals surface area contributed by atoms with Gasteiger partial charge in [0.1, 0.15) is 12.2 Å². The van der Waals surface area contributed by atoms with Crippen molar-refractivity contribution < 1.29 is 42.4 Å². The van der Waals surface area contributed by atoms with Crippen molar-refractivity contribution in [2.45, 2.75) is 50.2 Å². The molecule has 0 aromatic carbocycles. The lowest BCUT2D eigenvalue weighted by Gasteiger charge is -2.21. The van der Waals surface area contributed by atoms with Crippen LogP contribution in [0.3, 0.4) is 0 Å². The molecule has 0 amide bonds. The van der Waals surface area contributed by atoms with Gasteiger partial charge in [0.15, 0.2) is 18.1 Å². The summed E-state index contributed by atoms with van der Waals surface area (Å²) in [5.74, 6) is -3.83. The van der Waals surface area contributed by atoms with Crippen LogP contribution in [0.4, 0.5) is 13.2 Å². The maximum absolute atomic E-state index is 12.6. The molecule has 0 spiro atoms. The second-order valence-electron chi connectivity index (χ2n) is 8.14. The lowest BCUT2D eigenvalue weighted by atomic mass is 10.1. The zero-order valence-electron chi connectivity index (χ0n) is 17.5. The van der Waals surface area contributed by atoms with E-state index in [1.165, 1.54) is 0 Å². The zero-order chi connectivity index (χ0) is 24.6. The molecule has 2 unspecified atom stereocenters. The molecule has 0 bridgehead atoms. The largest absolute Gasteiger partial charge is 0.490 e. The van der Waals surface area contributed by atoms with Crippen LogP contribution in [0.25, 0.3) is 0 Å². The number of aliphatic hydroxyl groups excluding tert-OH is 2. The summed E-state index contributed by atoms with van der Waals surface area (Å²) in [7, 11) is 0. The van der Waals surface area contributed by atoms with Crippen molar-refractivity contribution in [2.75, 3.05) is 19.5 Å². The van der Waals surface area contributed by atoms with Gasteiger partial charge in [0, 0.05) is 6.20 Å². The molecule has 0 saturated carbocycles. The fourth-order valence-electron chi connectivity index (χ4n) is 3.09. The van der Waals surface area contributed by atoms with Crippen molar-refractivity contribution >= 4 is 24.9 Å². The van der Waals surface area contributed by atoms with Gasteiger partial charge in [0.25, 0.3) is 5.56 Å². The number of ether oxygens (including phenoxy) is 2. The average Bonchev–Trinajstić information content (AvgIpc) is 2.91. The molecule has 2 heterocycles. The highest BCUT2D eigenvalue weighted by Crippen LogP contribution is 2.39. The fourth-order valence-corrected chi connectivity index (χ4v) is 4.04. The number of aliphatic hydroxyl groups is 2. The number of carbonyl (C=O) groups is 2. The van der Waals surface area contributed by atoms with E-state index in [1.54, 1.807) is 4.98 Å². The Morgan fingerprint density at radius 2 is 1.91 bits per heavy atom. The van der Waals surface area contributed by atoms with Crippen LogP contribution in [0.2, 0.25) is 0 Å². The van der Waals surface area contributed by atoms with E-state index < -0.39 is 72.3 Å². The number of H-pyrrole nitrogens is 1.